The van der Waals surface area contributed by atoms with Gasteiger partial charge >= 0.3 is 6.03 Å². The van der Waals surface area contributed by atoms with E-state index in [1.165, 1.54) is 0 Å². The van der Waals surface area contributed by atoms with E-state index in [9.17, 15) is 4.79 Å². The van der Waals surface area contributed by atoms with Crippen LogP contribution in [0.15, 0.2) is 16.9 Å². The van der Waals surface area contributed by atoms with Crippen LogP contribution in [0, 0.1) is 6.92 Å². The van der Waals surface area contributed by atoms with Gasteiger partial charge in [-0.1, -0.05) is 0 Å². The van der Waals surface area contributed by atoms with E-state index in [4.69, 9.17) is 5.10 Å². The molecule has 2 fully saturated rings. The molecule has 2 aliphatic rings. The van der Waals surface area contributed by atoms with Crippen molar-refractivity contribution in [1.29, 1.82) is 0 Å². The fraction of sp³-hybridized carbons (Fsp3) is 0.636. The molecule has 180 valence electrons. The quantitative estimate of drug-likeness (QED) is 0.516. The first-order valence-corrected chi connectivity index (χ1v) is 12.5. The predicted octanol–water partition coefficient (Wildman–Crippen LogP) is 3.31. The smallest absolute Gasteiger partial charge is 0.319 e. The first-order valence-electron chi connectivity index (χ1n) is 11.7. The van der Waals surface area contributed by atoms with Crippen LogP contribution in [0.3, 0.4) is 0 Å². The van der Waals surface area contributed by atoms with Gasteiger partial charge in [-0.3, -0.25) is 4.68 Å². The Morgan fingerprint density at radius 3 is 2.76 bits per heavy atom. The lowest BCUT2D eigenvalue weighted by Gasteiger charge is -2.33. The van der Waals surface area contributed by atoms with E-state index < -0.39 is 0 Å². The SMILES string of the molecule is Cc1nn(C2CCN(C)CC2)cc1Nc1ncc(Br)c(NCCCN2CCCN(C)C2=O)n1. The van der Waals surface area contributed by atoms with Crippen molar-refractivity contribution in [2.75, 3.05) is 64.0 Å². The topological polar surface area (TPSA) is 94.5 Å². The molecule has 0 atom stereocenters. The molecule has 4 rings (SSSR count). The van der Waals surface area contributed by atoms with Crippen molar-refractivity contribution >= 4 is 39.4 Å². The third kappa shape index (κ3) is 5.94. The summed E-state index contributed by atoms with van der Waals surface area (Å²) in [6.07, 6.45) is 7.91. The minimum absolute atomic E-state index is 0.118. The summed E-state index contributed by atoms with van der Waals surface area (Å²) in [4.78, 5) is 27.3. The number of hydrogen-bond acceptors (Lipinski definition) is 7. The second kappa shape index (κ2) is 10.7. The summed E-state index contributed by atoms with van der Waals surface area (Å²) < 4.78 is 2.89. The van der Waals surface area contributed by atoms with Gasteiger partial charge in [0.2, 0.25) is 5.95 Å². The molecule has 2 aromatic rings. The van der Waals surface area contributed by atoms with Gasteiger partial charge in [0.25, 0.3) is 0 Å². The molecule has 2 aromatic heterocycles. The Kier molecular flexibility index (Phi) is 7.69. The average Bonchev–Trinajstić information content (AvgIpc) is 3.16. The van der Waals surface area contributed by atoms with Crippen LogP contribution in [0.25, 0.3) is 0 Å². The summed E-state index contributed by atoms with van der Waals surface area (Å²) in [7, 11) is 4.03. The van der Waals surface area contributed by atoms with Crippen molar-refractivity contribution in [3.05, 3.63) is 22.6 Å². The molecule has 0 aliphatic carbocycles. The Balaban J connectivity index is 1.32. The third-order valence-corrected chi connectivity index (χ3v) is 6.97. The molecular formula is C22H34BrN9O. The molecule has 0 bridgehead atoms. The second-order valence-electron chi connectivity index (χ2n) is 8.98. The lowest BCUT2D eigenvalue weighted by Crippen LogP contribution is -2.47. The Hall–Kier alpha value is -2.40. The van der Waals surface area contributed by atoms with E-state index in [0.29, 0.717) is 12.0 Å². The van der Waals surface area contributed by atoms with Gasteiger partial charge in [-0.2, -0.15) is 10.1 Å². The number of likely N-dealkylation sites (tertiary alicyclic amines) is 1. The maximum Gasteiger partial charge on any atom is 0.319 e. The van der Waals surface area contributed by atoms with Crippen LogP contribution in [0.2, 0.25) is 0 Å². The zero-order chi connectivity index (χ0) is 23.4. The summed E-state index contributed by atoms with van der Waals surface area (Å²) in [5.74, 6) is 1.26. The van der Waals surface area contributed by atoms with Crippen LogP contribution in [0.5, 0.6) is 0 Å². The Bertz CT molecular complexity index is 957. The number of nitrogens with one attached hydrogen (secondary N) is 2. The third-order valence-electron chi connectivity index (χ3n) is 6.39. The van der Waals surface area contributed by atoms with Crippen LogP contribution >= 0.6 is 15.9 Å². The number of piperidine rings is 1. The molecule has 10 nitrogen and oxygen atoms in total. The molecule has 2 aliphatic heterocycles. The van der Waals surface area contributed by atoms with Crippen LogP contribution in [-0.2, 0) is 0 Å². The highest BCUT2D eigenvalue weighted by Gasteiger charge is 2.22. The average molecular weight is 520 g/mol. The lowest BCUT2D eigenvalue weighted by molar-refractivity contribution is 0.141. The molecule has 4 heterocycles. The number of anilines is 3. The molecule has 0 spiro atoms. The number of carbonyl (C=O) groups excluding carboxylic acids is 1. The van der Waals surface area contributed by atoms with E-state index in [-0.39, 0.29) is 6.03 Å². The van der Waals surface area contributed by atoms with Crippen molar-refractivity contribution in [2.45, 2.75) is 38.6 Å². The first-order chi connectivity index (χ1) is 15.9. The fourth-order valence-electron chi connectivity index (χ4n) is 4.34. The number of aryl methyl sites for hydroxylation is 1. The van der Waals surface area contributed by atoms with Crippen molar-refractivity contribution in [3.8, 4) is 0 Å². The Labute approximate surface area is 203 Å². The molecule has 0 radical (unpaired) electrons. The van der Waals surface area contributed by atoms with Gasteiger partial charge in [0.1, 0.15) is 5.82 Å². The van der Waals surface area contributed by atoms with Gasteiger partial charge in [-0.05, 0) is 68.7 Å². The first kappa shape index (κ1) is 23.7. The highest BCUT2D eigenvalue weighted by molar-refractivity contribution is 9.10. The largest absolute Gasteiger partial charge is 0.369 e. The van der Waals surface area contributed by atoms with Gasteiger partial charge in [0.05, 0.1) is 21.9 Å². The normalized spacial score (nSPS) is 18.1. The zero-order valence-corrected chi connectivity index (χ0v) is 21.3. The molecule has 33 heavy (non-hydrogen) atoms. The highest BCUT2D eigenvalue weighted by atomic mass is 79.9. The van der Waals surface area contributed by atoms with E-state index in [0.717, 1.165) is 86.6 Å². The van der Waals surface area contributed by atoms with Gasteiger partial charge < -0.3 is 25.3 Å². The number of hydrogen-bond donors (Lipinski definition) is 2. The van der Waals surface area contributed by atoms with Crippen molar-refractivity contribution in [1.82, 2.24) is 34.4 Å². The summed E-state index contributed by atoms with van der Waals surface area (Å²) in [5, 5.41) is 11.4. The number of amides is 2. The summed E-state index contributed by atoms with van der Waals surface area (Å²) in [6, 6.07) is 0.553. The number of carbonyl (C=O) groups is 1. The van der Waals surface area contributed by atoms with Crippen LogP contribution < -0.4 is 10.6 Å². The number of urea groups is 1. The van der Waals surface area contributed by atoms with Crippen LogP contribution in [0.1, 0.15) is 37.4 Å². The molecule has 11 heteroatoms. The molecular weight excluding hydrogens is 486 g/mol. The fourth-order valence-corrected chi connectivity index (χ4v) is 4.67. The number of halogens is 1. The van der Waals surface area contributed by atoms with E-state index in [2.05, 4.69) is 59.4 Å². The maximum atomic E-state index is 12.2. The molecule has 0 aromatic carbocycles. The highest BCUT2D eigenvalue weighted by Crippen LogP contribution is 2.26. The monoisotopic (exact) mass is 519 g/mol. The van der Waals surface area contributed by atoms with Crippen molar-refractivity contribution in [2.24, 2.45) is 0 Å². The van der Waals surface area contributed by atoms with E-state index in [1.807, 2.05) is 18.9 Å². The van der Waals surface area contributed by atoms with Crippen LogP contribution in [0.4, 0.5) is 22.2 Å². The minimum atomic E-state index is 0.118. The van der Waals surface area contributed by atoms with E-state index in [1.54, 1.807) is 11.1 Å². The van der Waals surface area contributed by atoms with Gasteiger partial charge in [-0.15, -0.1) is 0 Å². The van der Waals surface area contributed by atoms with Crippen molar-refractivity contribution in [3.63, 3.8) is 0 Å². The summed E-state index contributed by atoms with van der Waals surface area (Å²) in [5.41, 5.74) is 1.86. The maximum absolute atomic E-state index is 12.2. The zero-order valence-electron chi connectivity index (χ0n) is 19.7. The van der Waals surface area contributed by atoms with Crippen molar-refractivity contribution < 1.29 is 4.79 Å². The molecule has 2 amide bonds. The van der Waals surface area contributed by atoms with Gasteiger partial charge in [0.15, 0.2) is 0 Å². The number of nitrogens with zero attached hydrogens (tertiary/aromatic N) is 7. The Morgan fingerprint density at radius 1 is 1.18 bits per heavy atom. The lowest BCUT2D eigenvalue weighted by atomic mass is 10.1. The minimum Gasteiger partial charge on any atom is -0.369 e. The molecule has 0 unspecified atom stereocenters. The summed E-state index contributed by atoms with van der Waals surface area (Å²) >= 11 is 3.53. The van der Waals surface area contributed by atoms with Gasteiger partial charge in [0, 0.05) is 45.6 Å². The van der Waals surface area contributed by atoms with Gasteiger partial charge in [-0.25, -0.2) is 9.78 Å². The molecule has 2 N–H and O–H groups in total. The molecule has 0 saturated carbocycles. The summed E-state index contributed by atoms with van der Waals surface area (Å²) in [6.45, 7) is 7.33. The predicted molar refractivity (Wildman–Crippen MR) is 133 cm³/mol. The molecule has 2 saturated heterocycles. The van der Waals surface area contributed by atoms with E-state index >= 15 is 0 Å². The van der Waals surface area contributed by atoms with Crippen LogP contribution in [-0.4, -0.2) is 93.8 Å². The standard InChI is InChI=1S/C22H34BrN9O/c1-16-19(15-32(28-16)17-6-12-29(2)13-7-17)26-21-25-14-18(23)20(27-21)24-8-4-10-31-11-5-9-30(3)22(31)33/h14-15,17H,4-13H2,1-3H3,(H2,24,25,26,27). The number of aromatic nitrogens is 4. The number of rotatable bonds is 8. The second-order valence-corrected chi connectivity index (χ2v) is 9.84. The Morgan fingerprint density at radius 2 is 1.97 bits per heavy atom.